The van der Waals surface area contributed by atoms with E-state index in [0.717, 1.165) is 6.26 Å². The minimum absolute atomic E-state index is 0.0185. The van der Waals surface area contributed by atoms with E-state index in [1.165, 1.54) is 58.4 Å². The molecule has 0 fully saturated rings. The number of anilines is 1. The summed E-state index contributed by atoms with van der Waals surface area (Å²) in [4.78, 5) is 25.2. The lowest BCUT2D eigenvalue weighted by atomic mass is 10.1. The summed E-state index contributed by atoms with van der Waals surface area (Å²) in [7, 11) is -3.35. The Balaban J connectivity index is 1.28. The molecule has 0 N–H and O–H groups in total. The molecule has 0 aliphatic carbocycles. The van der Waals surface area contributed by atoms with Crippen molar-refractivity contribution in [1.29, 1.82) is 0 Å². The summed E-state index contributed by atoms with van der Waals surface area (Å²) < 4.78 is 55.1. The first-order chi connectivity index (χ1) is 20.2. The number of benzene rings is 3. The highest BCUT2D eigenvalue weighted by Gasteiger charge is 2.36. The highest BCUT2D eigenvalue weighted by atomic mass is 32.2. The number of fused-ring (bicyclic) bond motifs is 2. The third-order valence-corrected chi connectivity index (χ3v) is 7.85. The molecule has 5 aromatic rings. The molecule has 0 spiro atoms. The predicted octanol–water partition coefficient (Wildman–Crippen LogP) is 2.87. The zero-order chi connectivity index (χ0) is 29.4. The van der Waals surface area contributed by atoms with E-state index in [4.69, 9.17) is 4.84 Å². The summed E-state index contributed by atoms with van der Waals surface area (Å²) in [5, 5.41) is 15.2. The maximum atomic E-state index is 14.3. The van der Waals surface area contributed by atoms with Crippen molar-refractivity contribution in [3.05, 3.63) is 95.6 Å². The summed E-state index contributed by atoms with van der Waals surface area (Å²) in [5.74, 6) is -1.08. The molecule has 2 aromatic heterocycles. The Bertz CT molecular complexity index is 1940. The highest BCUT2D eigenvalue weighted by molar-refractivity contribution is 7.90. The quantitative estimate of drug-likeness (QED) is 0.238. The number of nitrogens with zero attached hydrogens (tertiary/aromatic N) is 8. The number of aromatic nitrogens is 6. The number of imidazole rings is 1. The van der Waals surface area contributed by atoms with Gasteiger partial charge in [-0.05, 0) is 58.5 Å². The third-order valence-electron chi connectivity index (χ3n) is 6.72. The van der Waals surface area contributed by atoms with E-state index in [-0.39, 0.29) is 29.3 Å². The van der Waals surface area contributed by atoms with Gasteiger partial charge in [0.05, 0.1) is 34.7 Å². The third kappa shape index (κ3) is 5.33. The van der Waals surface area contributed by atoms with Crippen LogP contribution in [0.4, 0.5) is 14.5 Å². The Morgan fingerprint density at radius 3 is 2.48 bits per heavy atom. The number of amides is 1. The lowest BCUT2D eigenvalue weighted by Gasteiger charge is -2.18. The van der Waals surface area contributed by atoms with Crippen LogP contribution in [0.5, 0.6) is 0 Å². The summed E-state index contributed by atoms with van der Waals surface area (Å²) in [6, 6.07) is 14.2. The van der Waals surface area contributed by atoms with Crippen LogP contribution in [0.3, 0.4) is 0 Å². The topological polar surface area (TPSA) is 137 Å². The average Bonchev–Trinajstić information content (AvgIpc) is 3.65. The van der Waals surface area contributed by atoms with Crippen molar-refractivity contribution in [1.82, 2.24) is 29.8 Å². The number of carbonyl (C=O) groups excluding carboxylic acids is 1. The number of sulfone groups is 1. The van der Waals surface area contributed by atoms with E-state index < -0.39 is 27.4 Å². The molecule has 3 heterocycles. The molecule has 214 valence electrons. The number of hydrogen-bond acceptors (Lipinski definition) is 9. The van der Waals surface area contributed by atoms with E-state index in [2.05, 4.69) is 25.7 Å². The van der Waals surface area contributed by atoms with Gasteiger partial charge in [0.2, 0.25) is 0 Å². The van der Waals surface area contributed by atoms with Crippen LogP contribution in [-0.2, 0) is 45.7 Å². The first kappa shape index (κ1) is 27.1. The van der Waals surface area contributed by atoms with E-state index in [1.807, 2.05) is 4.57 Å². The van der Waals surface area contributed by atoms with Gasteiger partial charge in [0, 0.05) is 24.4 Å². The number of rotatable bonds is 9. The van der Waals surface area contributed by atoms with Gasteiger partial charge >= 0.3 is 0 Å². The minimum atomic E-state index is -3.35. The van der Waals surface area contributed by atoms with E-state index >= 15 is 0 Å². The second-order valence-electron chi connectivity index (χ2n) is 9.57. The highest BCUT2D eigenvalue weighted by Crippen LogP contribution is 2.32. The number of halogens is 2. The first-order valence-corrected chi connectivity index (χ1v) is 14.5. The number of oxime groups is 1. The maximum Gasteiger partial charge on any atom is 0.281 e. The Morgan fingerprint density at radius 2 is 1.74 bits per heavy atom. The Morgan fingerprint density at radius 1 is 0.976 bits per heavy atom. The molecule has 15 heteroatoms. The van der Waals surface area contributed by atoms with Crippen molar-refractivity contribution in [2.24, 2.45) is 5.16 Å². The lowest BCUT2D eigenvalue weighted by molar-refractivity contribution is -0.112. The van der Waals surface area contributed by atoms with Gasteiger partial charge in [0.25, 0.3) is 5.91 Å². The molecule has 0 atom stereocenters. The van der Waals surface area contributed by atoms with Crippen molar-refractivity contribution >= 4 is 38.2 Å². The van der Waals surface area contributed by atoms with Crippen molar-refractivity contribution in [2.75, 3.05) is 11.2 Å². The molecule has 1 aliphatic heterocycles. The smallest absolute Gasteiger partial charge is 0.281 e. The number of tetrazole rings is 1. The molecule has 0 radical (unpaired) electrons. The summed E-state index contributed by atoms with van der Waals surface area (Å²) in [6.07, 6.45) is 2.58. The van der Waals surface area contributed by atoms with Crippen LogP contribution in [0, 0.1) is 11.6 Å². The molecule has 6 rings (SSSR count). The molecule has 1 amide bonds. The Kier molecular flexibility index (Phi) is 6.94. The van der Waals surface area contributed by atoms with Crippen molar-refractivity contribution in [3.63, 3.8) is 0 Å². The lowest BCUT2D eigenvalue weighted by Crippen LogP contribution is -2.31. The van der Waals surface area contributed by atoms with Gasteiger partial charge in [-0.3, -0.25) is 9.69 Å². The summed E-state index contributed by atoms with van der Waals surface area (Å²) in [6.45, 7) is 0.701. The second-order valence-corrected chi connectivity index (χ2v) is 11.6. The van der Waals surface area contributed by atoms with Gasteiger partial charge < -0.3 is 9.40 Å². The molecule has 42 heavy (non-hydrogen) atoms. The van der Waals surface area contributed by atoms with Crippen LogP contribution in [-0.4, -0.2) is 56.1 Å². The van der Waals surface area contributed by atoms with Crippen molar-refractivity contribution < 1.29 is 26.8 Å². The van der Waals surface area contributed by atoms with Crippen molar-refractivity contribution in [3.8, 4) is 0 Å². The second kappa shape index (κ2) is 10.7. The first-order valence-electron chi connectivity index (χ1n) is 12.6. The van der Waals surface area contributed by atoms with Crippen LogP contribution in [0.25, 0.3) is 11.0 Å². The maximum absolute atomic E-state index is 14.3. The monoisotopic (exact) mass is 592 g/mol. The SMILES string of the molecule is CS(=O)(=O)c1ccc(CO/N=C2/C(=O)N(Cc3nc4cc(F)ccc4n3CCn3cnnn3)c3ccc(F)cc32)cc1. The van der Waals surface area contributed by atoms with Gasteiger partial charge in [-0.25, -0.2) is 26.9 Å². The van der Waals surface area contributed by atoms with Crippen LogP contribution in [0.2, 0.25) is 0 Å². The van der Waals surface area contributed by atoms with E-state index in [1.54, 1.807) is 18.2 Å². The zero-order valence-electron chi connectivity index (χ0n) is 22.1. The van der Waals surface area contributed by atoms with Crippen LogP contribution >= 0.6 is 0 Å². The van der Waals surface area contributed by atoms with E-state index in [9.17, 15) is 22.0 Å². The molecule has 0 saturated carbocycles. The normalized spacial score (nSPS) is 14.2. The fraction of sp³-hybridized carbons (Fsp3) is 0.185. The number of carbonyl (C=O) groups is 1. The van der Waals surface area contributed by atoms with Crippen LogP contribution < -0.4 is 4.90 Å². The molecular weight excluding hydrogens is 570 g/mol. The number of hydrogen-bond donors (Lipinski definition) is 0. The minimum Gasteiger partial charge on any atom is -0.390 e. The Hall–Kier alpha value is -5.05. The summed E-state index contributed by atoms with van der Waals surface area (Å²) in [5.41, 5.74) is 2.24. The fourth-order valence-electron chi connectivity index (χ4n) is 4.68. The largest absolute Gasteiger partial charge is 0.390 e. The van der Waals surface area contributed by atoms with Crippen LogP contribution in [0.15, 0.2) is 77.0 Å². The molecule has 12 nitrogen and oxygen atoms in total. The molecule has 0 unspecified atom stereocenters. The molecule has 0 bridgehead atoms. The Labute approximate surface area is 237 Å². The van der Waals surface area contributed by atoms with Gasteiger partial charge in [-0.1, -0.05) is 17.3 Å². The standard InChI is InChI=1S/C27H22F2N8O4S/c1-42(39,40)20-6-2-17(3-7-20)15-41-32-26-21-12-18(28)4-8-23(21)37(27(26)38)14-25-31-22-13-19(29)5-9-24(22)36(25)11-10-35-16-30-33-34-35/h2-9,12-13,16H,10-11,14-15H2,1H3/b32-26+. The van der Waals surface area contributed by atoms with Gasteiger partial charge in [-0.15, -0.1) is 5.10 Å². The van der Waals surface area contributed by atoms with E-state index in [0.29, 0.717) is 41.2 Å². The average molecular weight is 593 g/mol. The van der Waals surface area contributed by atoms with Gasteiger partial charge in [-0.2, -0.15) is 0 Å². The summed E-state index contributed by atoms with van der Waals surface area (Å²) >= 11 is 0. The fourth-order valence-corrected chi connectivity index (χ4v) is 5.32. The molecular formula is C27H22F2N8O4S. The predicted molar refractivity (Wildman–Crippen MR) is 146 cm³/mol. The van der Waals surface area contributed by atoms with Crippen LogP contribution in [0.1, 0.15) is 17.0 Å². The number of aryl methyl sites for hydroxylation is 2. The van der Waals surface area contributed by atoms with Gasteiger partial charge in [0.15, 0.2) is 15.5 Å². The zero-order valence-corrected chi connectivity index (χ0v) is 22.9. The van der Waals surface area contributed by atoms with Crippen molar-refractivity contribution in [2.45, 2.75) is 31.1 Å². The molecule has 3 aromatic carbocycles. The molecule has 0 saturated heterocycles. The molecule has 1 aliphatic rings. The van der Waals surface area contributed by atoms with Gasteiger partial charge in [0.1, 0.15) is 30.4 Å².